The second-order valence-electron chi connectivity index (χ2n) is 8.24. The second-order valence-corrected chi connectivity index (χ2v) is 8.24. The van der Waals surface area contributed by atoms with Crippen molar-refractivity contribution < 1.29 is 4.79 Å². The molecule has 0 radical (unpaired) electrons. The third-order valence-electron chi connectivity index (χ3n) is 5.93. The van der Waals surface area contributed by atoms with Crippen molar-refractivity contribution >= 4 is 23.1 Å². The highest BCUT2D eigenvalue weighted by Crippen LogP contribution is 2.24. The summed E-state index contributed by atoms with van der Waals surface area (Å²) in [5.74, 6) is 1.27. The molecule has 10 heteroatoms. The molecule has 4 aromatic rings. The zero-order valence-corrected chi connectivity index (χ0v) is 18.5. The number of carbonyl (C=O) groups excluding carboxylic acids is 1. The Kier molecular flexibility index (Phi) is 5.33. The topological polar surface area (TPSA) is 110 Å². The van der Waals surface area contributed by atoms with E-state index in [9.17, 15) is 9.59 Å². The van der Waals surface area contributed by atoms with E-state index in [0.717, 1.165) is 42.2 Å². The monoisotopic (exact) mass is 444 g/mol. The molecule has 33 heavy (non-hydrogen) atoms. The fourth-order valence-electron chi connectivity index (χ4n) is 4.08. The molecule has 1 atom stereocenters. The minimum absolute atomic E-state index is 0.0167. The van der Waals surface area contributed by atoms with Gasteiger partial charge in [-0.15, -0.1) is 10.2 Å². The van der Waals surface area contributed by atoms with Crippen molar-refractivity contribution in [1.29, 1.82) is 0 Å². The summed E-state index contributed by atoms with van der Waals surface area (Å²) in [6.07, 6.45) is 1.70. The van der Waals surface area contributed by atoms with Crippen LogP contribution in [0.5, 0.6) is 0 Å². The summed E-state index contributed by atoms with van der Waals surface area (Å²) in [7, 11) is 1.63. The SMILES string of the molecule is Cc1nnc2ccc(-c3ccc(NC(=O)[C@@H]4CCCN(c5ccc(=O)n(C)n5)C4)cc3)nn12. The van der Waals surface area contributed by atoms with Crippen LogP contribution in [0.1, 0.15) is 18.7 Å². The summed E-state index contributed by atoms with van der Waals surface area (Å²) >= 11 is 0. The van der Waals surface area contributed by atoms with Crippen molar-refractivity contribution in [3.63, 3.8) is 0 Å². The first-order chi connectivity index (χ1) is 16.0. The van der Waals surface area contributed by atoms with Gasteiger partial charge in [-0.25, -0.2) is 4.68 Å². The average Bonchev–Trinajstić information content (AvgIpc) is 3.21. The number of nitrogens with zero attached hydrogens (tertiary/aromatic N) is 7. The number of carbonyl (C=O) groups is 1. The lowest BCUT2D eigenvalue weighted by atomic mass is 9.97. The van der Waals surface area contributed by atoms with E-state index in [1.165, 1.54) is 10.7 Å². The van der Waals surface area contributed by atoms with Gasteiger partial charge in [0.2, 0.25) is 5.91 Å². The lowest BCUT2D eigenvalue weighted by Gasteiger charge is -2.32. The molecule has 1 amide bonds. The number of anilines is 2. The minimum Gasteiger partial charge on any atom is -0.354 e. The highest BCUT2D eigenvalue weighted by molar-refractivity contribution is 5.93. The molecule has 1 fully saturated rings. The van der Waals surface area contributed by atoms with Crippen LogP contribution in [0, 0.1) is 12.8 Å². The summed E-state index contributed by atoms with van der Waals surface area (Å²) in [6.45, 7) is 3.24. The molecule has 0 aliphatic carbocycles. The number of hydrogen-bond acceptors (Lipinski definition) is 7. The lowest BCUT2D eigenvalue weighted by molar-refractivity contribution is -0.120. The smallest absolute Gasteiger partial charge is 0.266 e. The Bertz CT molecular complexity index is 1380. The lowest BCUT2D eigenvalue weighted by Crippen LogP contribution is -2.41. The predicted molar refractivity (Wildman–Crippen MR) is 124 cm³/mol. The normalized spacial score (nSPS) is 16.2. The number of aryl methyl sites for hydroxylation is 2. The molecule has 1 N–H and O–H groups in total. The Hall–Kier alpha value is -4.08. The van der Waals surface area contributed by atoms with Gasteiger partial charge < -0.3 is 10.2 Å². The summed E-state index contributed by atoms with van der Waals surface area (Å²) in [5.41, 5.74) is 3.03. The standard InChI is InChI=1S/C23H24N8O2/c1-15-25-26-20-10-9-19(27-31(15)20)16-5-7-18(8-6-16)24-23(33)17-4-3-13-30(14-17)21-11-12-22(32)29(2)28-21/h5-12,17H,3-4,13-14H2,1-2H3,(H,24,33)/t17-/m1/s1. The van der Waals surface area contributed by atoms with E-state index in [0.29, 0.717) is 18.0 Å². The third kappa shape index (κ3) is 4.19. The number of benzene rings is 1. The van der Waals surface area contributed by atoms with E-state index in [2.05, 4.69) is 30.6 Å². The Morgan fingerprint density at radius 2 is 1.85 bits per heavy atom. The van der Waals surface area contributed by atoms with Crippen LogP contribution in [-0.4, -0.2) is 48.6 Å². The van der Waals surface area contributed by atoms with Crippen molar-refractivity contribution in [3.05, 3.63) is 64.7 Å². The van der Waals surface area contributed by atoms with Gasteiger partial charge in [0, 0.05) is 37.5 Å². The molecule has 168 valence electrons. The van der Waals surface area contributed by atoms with Crippen molar-refractivity contribution in [2.45, 2.75) is 19.8 Å². The largest absolute Gasteiger partial charge is 0.354 e. The summed E-state index contributed by atoms with van der Waals surface area (Å²) in [4.78, 5) is 26.6. The molecule has 1 aliphatic rings. The summed E-state index contributed by atoms with van der Waals surface area (Å²) in [5, 5.41) is 20.0. The quantitative estimate of drug-likeness (QED) is 0.513. The Morgan fingerprint density at radius 3 is 2.64 bits per heavy atom. The van der Waals surface area contributed by atoms with Crippen molar-refractivity contribution in [2.24, 2.45) is 13.0 Å². The van der Waals surface area contributed by atoms with E-state index >= 15 is 0 Å². The Balaban J connectivity index is 1.26. The fourth-order valence-corrected chi connectivity index (χ4v) is 4.08. The molecule has 1 aromatic carbocycles. The maximum atomic E-state index is 12.9. The third-order valence-corrected chi connectivity index (χ3v) is 5.93. The van der Waals surface area contributed by atoms with Gasteiger partial charge in [0.25, 0.3) is 5.56 Å². The molecule has 1 saturated heterocycles. The molecule has 0 saturated carbocycles. The van der Waals surface area contributed by atoms with Crippen LogP contribution in [0.4, 0.5) is 11.5 Å². The highest BCUT2D eigenvalue weighted by atomic mass is 16.2. The van der Waals surface area contributed by atoms with Gasteiger partial charge in [-0.3, -0.25) is 9.59 Å². The first-order valence-electron chi connectivity index (χ1n) is 10.9. The van der Waals surface area contributed by atoms with Gasteiger partial charge in [0.05, 0.1) is 11.6 Å². The maximum Gasteiger partial charge on any atom is 0.266 e. The van der Waals surface area contributed by atoms with Crippen LogP contribution in [0.2, 0.25) is 0 Å². The van der Waals surface area contributed by atoms with Gasteiger partial charge in [-0.1, -0.05) is 12.1 Å². The number of fused-ring (bicyclic) bond motifs is 1. The van der Waals surface area contributed by atoms with Gasteiger partial charge in [-0.05, 0) is 50.1 Å². The highest BCUT2D eigenvalue weighted by Gasteiger charge is 2.27. The molecule has 10 nitrogen and oxygen atoms in total. The predicted octanol–water partition coefficient (Wildman–Crippen LogP) is 2.05. The van der Waals surface area contributed by atoms with Crippen LogP contribution < -0.4 is 15.8 Å². The van der Waals surface area contributed by atoms with E-state index < -0.39 is 0 Å². The molecule has 0 bridgehead atoms. The van der Waals surface area contributed by atoms with Gasteiger partial charge in [0.15, 0.2) is 11.5 Å². The van der Waals surface area contributed by atoms with Gasteiger partial charge in [0.1, 0.15) is 5.82 Å². The Labute approximate surface area is 189 Å². The fraction of sp³-hybridized carbons (Fsp3) is 0.304. The number of rotatable bonds is 4. The molecular formula is C23H24N8O2. The molecule has 5 rings (SSSR count). The van der Waals surface area contributed by atoms with Crippen molar-refractivity contribution in [2.75, 3.05) is 23.3 Å². The van der Waals surface area contributed by atoms with Crippen LogP contribution in [0.15, 0.2) is 53.3 Å². The molecule has 1 aliphatic heterocycles. The molecule has 0 spiro atoms. The van der Waals surface area contributed by atoms with E-state index in [-0.39, 0.29) is 17.4 Å². The number of aromatic nitrogens is 6. The second kappa shape index (κ2) is 8.45. The maximum absolute atomic E-state index is 12.9. The molecule has 0 unspecified atom stereocenters. The van der Waals surface area contributed by atoms with Gasteiger partial charge in [-0.2, -0.15) is 14.7 Å². The molecule has 3 aromatic heterocycles. The van der Waals surface area contributed by atoms with Crippen LogP contribution in [0.25, 0.3) is 16.9 Å². The zero-order valence-electron chi connectivity index (χ0n) is 18.5. The van der Waals surface area contributed by atoms with E-state index in [1.54, 1.807) is 17.6 Å². The van der Waals surface area contributed by atoms with E-state index in [4.69, 9.17) is 0 Å². The van der Waals surface area contributed by atoms with Crippen molar-refractivity contribution in [3.8, 4) is 11.3 Å². The first-order valence-corrected chi connectivity index (χ1v) is 10.9. The average molecular weight is 444 g/mol. The van der Waals surface area contributed by atoms with Gasteiger partial charge >= 0.3 is 0 Å². The van der Waals surface area contributed by atoms with Crippen LogP contribution in [-0.2, 0) is 11.8 Å². The van der Waals surface area contributed by atoms with Crippen LogP contribution >= 0.6 is 0 Å². The number of piperidine rings is 1. The molecule has 4 heterocycles. The Morgan fingerprint density at radius 1 is 1.03 bits per heavy atom. The zero-order chi connectivity index (χ0) is 22.9. The molecular weight excluding hydrogens is 420 g/mol. The number of nitrogens with one attached hydrogen (secondary N) is 1. The number of hydrogen-bond donors (Lipinski definition) is 1. The number of amides is 1. The first kappa shape index (κ1) is 20.8. The van der Waals surface area contributed by atoms with Crippen molar-refractivity contribution in [1.82, 2.24) is 29.6 Å². The van der Waals surface area contributed by atoms with E-state index in [1.807, 2.05) is 43.3 Å². The van der Waals surface area contributed by atoms with Crippen LogP contribution in [0.3, 0.4) is 0 Å². The summed E-state index contributed by atoms with van der Waals surface area (Å²) in [6, 6.07) is 14.6. The summed E-state index contributed by atoms with van der Waals surface area (Å²) < 4.78 is 3.02. The minimum atomic E-state index is -0.154.